The fraction of sp³-hybridized carbons (Fsp3) is 0.600. The molecule has 1 fully saturated rings. The van der Waals surface area contributed by atoms with Crippen LogP contribution in [0.4, 0.5) is 5.69 Å². The molecule has 1 aromatic carbocycles. The molecule has 6 heteroatoms. The highest BCUT2D eigenvalue weighted by Crippen LogP contribution is 2.39. The fourth-order valence-corrected chi connectivity index (χ4v) is 5.04. The minimum Gasteiger partial charge on any atom is -0.349 e. The van der Waals surface area contributed by atoms with Gasteiger partial charge in [0, 0.05) is 4.90 Å². The fourth-order valence-electron chi connectivity index (χ4n) is 3.88. The van der Waals surface area contributed by atoms with Crippen LogP contribution in [0.5, 0.6) is 0 Å². The lowest BCUT2D eigenvalue weighted by atomic mass is 10.0. The highest BCUT2D eigenvalue weighted by molar-refractivity contribution is 8.01. The molecule has 2 heterocycles. The van der Waals surface area contributed by atoms with Crippen LogP contribution in [-0.4, -0.2) is 49.3 Å². The van der Waals surface area contributed by atoms with Gasteiger partial charge in [-0.3, -0.25) is 9.59 Å². The number of thioether (sulfide) groups is 1. The highest BCUT2D eigenvalue weighted by Gasteiger charge is 2.33. The third-order valence-electron chi connectivity index (χ3n) is 5.49. The highest BCUT2D eigenvalue weighted by atomic mass is 32.2. The molecule has 2 aliphatic rings. The standard InChI is InChI=1S/C20H29N3O2S/c1-3-17-20(25)23(16-9-4-5-10-18(16)26-17)14-19(24)21-11-13-22-12-7-6-8-15(22)2/h4-5,9-10,15,17H,3,6-8,11-14H2,1-2H3,(H,21,24)/p+1. The Morgan fingerprint density at radius 1 is 1.35 bits per heavy atom. The minimum absolute atomic E-state index is 0.0432. The van der Waals surface area contributed by atoms with Crippen LogP contribution in [0.3, 0.4) is 0 Å². The van der Waals surface area contributed by atoms with E-state index in [0.717, 1.165) is 23.5 Å². The molecule has 3 atom stereocenters. The first-order valence-corrected chi connectivity index (χ1v) is 10.7. The zero-order chi connectivity index (χ0) is 18.5. The molecule has 5 nitrogen and oxygen atoms in total. The van der Waals surface area contributed by atoms with Crippen molar-refractivity contribution in [3.05, 3.63) is 24.3 Å². The molecule has 0 spiro atoms. The molecular formula is C20H30N3O2S+. The Labute approximate surface area is 160 Å². The number of amides is 2. The number of fused-ring (bicyclic) bond motifs is 1. The number of hydrogen-bond acceptors (Lipinski definition) is 3. The molecule has 1 aromatic rings. The first-order chi connectivity index (χ1) is 12.6. The first-order valence-electron chi connectivity index (χ1n) is 9.78. The third-order valence-corrected chi connectivity index (χ3v) is 6.91. The van der Waals surface area contributed by atoms with E-state index in [9.17, 15) is 9.59 Å². The molecule has 2 N–H and O–H groups in total. The summed E-state index contributed by atoms with van der Waals surface area (Å²) >= 11 is 1.61. The van der Waals surface area contributed by atoms with E-state index in [2.05, 4.69) is 12.2 Å². The lowest BCUT2D eigenvalue weighted by molar-refractivity contribution is -0.927. The van der Waals surface area contributed by atoms with Gasteiger partial charge in [0.2, 0.25) is 11.8 Å². The Morgan fingerprint density at radius 3 is 2.92 bits per heavy atom. The molecule has 3 rings (SSSR count). The van der Waals surface area contributed by atoms with E-state index >= 15 is 0 Å². The van der Waals surface area contributed by atoms with E-state index in [-0.39, 0.29) is 23.6 Å². The normalized spacial score (nSPS) is 25.7. The number of carbonyl (C=O) groups is 2. The molecule has 0 aromatic heterocycles. The number of rotatable bonds is 6. The molecule has 26 heavy (non-hydrogen) atoms. The predicted octanol–water partition coefficient (Wildman–Crippen LogP) is 1.48. The average molecular weight is 377 g/mol. The summed E-state index contributed by atoms with van der Waals surface area (Å²) in [4.78, 5) is 29.5. The van der Waals surface area contributed by atoms with Crippen LogP contribution in [0.1, 0.15) is 39.5 Å². The Balaban J connectivity index is 1.56. The Hall–Kier alpha value is -1.53. The number of piperidine rings is 1. The van der Waals surface area contributed by atoms with Crippen molar-refractivity contribution < 1.29 is 14.5 Å². The Kier molecular flexibility index (Phi) is 6.59. The number of hydrogen-bond donors (Lipinski definition) is 2. The minimum atomic E-state index is -0.101. The zero-order valence-electron chi connectivity index (χ0n) is 15.8. The Morgan fingerprint density at radius 2 is 2.15 bits per heavy atom. The second-order valence-corrected chi connectivity index (χ2v) is 8.56. The molecule has 1 saturated heterocycles. The summed E-state index contributed by atoms with van der Waals surface area (Å²) in [6.45, 7) is 7.26. The van der Waals surface area contributed by atoms with E-state index in [1.807, 2.05) is 31.2 Å². The number of para-hydroxylation sites is 1. The van der Waals surface area contributed by atoms with Gasteiger partial charge in [0.25, 0.3) is 0 Å². The molecule has 0 bridgehead atoms. The third kappa shape index (κ3) is 4.41. The second kappa shape index (κ2) is 8.91. The van der Waals surface area contributed by atoms with Crippen LogP contribution in [0.2, 0.25) is 0 Å². The van der Waals surface area contributed by atoms with Gasteiger partial charge in [-0.1, -0.05) is 19.1 Å². The van der Waals surface area contributed by atoms with Gasteiger partial charge in [-0.05, 0) is 44.7 Å². The Bertz CT molecular complexity index is 652. The van der Waals surface area contributed by atoms with E-state index in [4.69, 9.17) is 0 Å². The maximum Gasteiger partial charge on any atom is 0.240 e. The molecule has 2 aliphatic heterocycles. The maximum atomic E-state index is 12.7. The summed E-state index contributed by atoms with van der Waals surface area (Å²) in [5.41, 5.74) is 0.859. The molecule has 2 amide bonds. The number of quaternary nitrogens is 1. The van der Waals surface area contributed by atoms with Crippen LogP contribution in [0, 0.1) is 0 Å². The molecule has 0 aliphatic carbocycles. The van der Waals surface area contributed by atoms with Gasteiger partial charge >= 0.3 is 0 Å². The molecule has 3 unspecified atom stereocenters. The smallest absolute Gasteiger partial charge is 0.240 e. The number of nitrogens with one attached hydrogen (secondary N) is 2. The first kappa shape index (κ1) is 19.2. The summed E-state index contributed by atoms with van der Waals surface area (Å²) in [5.74, 6) is -0.0272. The molecule has 142 valence electrons. The number of likely N-dealkylation sites (tertiary alicyclic amines) is 1. The summed E-state index contributed by atoms with van der Waals surface area (Å²) < 4.78 is 0. The largest absolute Gasteiger partial charge is 0.349 e. The number of anilines is 1. The monoisotopic (exact) mass is 376 g/mol. The lowest BCUT2D eigenvalue weighted by Gasteiger charge is -2.33. The van der Waals surface area contributed by atoms with Crippen molar-refractivity contribution in [1.29, 1.82) is 0 Å². The topological polar surface area (TPSA) is 53.9 Å². The molecule has 0 saturated carbocycles. The maximum absolute atomic E-state index is 12.7. The van der Waals surface area contributed by atoms with Gasteiger partial charge in [-0.25, -0.2) is 0 Å². The van der Waals surface area contributed by atoms with E-state index in [1.165, 1.54) is 25.8 Å². The van der Waals surface area contributed by atoms with Crippen LogP contribution < -0.4 is 15.1 Å². The van der Waals surface area contributed by atoms with Crippen LogP contribution in [0.15, 0.2) is 29.2 Å². The summed E-state index contributed by atoms with van der Waals surface area (Å²) in [5, 5.41) is 2.92. The second-order valence-electron chi connectivity index (χ2n) is 7.31. The van der Waals surface area contributed by atoms with Crippen molar-refractivity contribution in [3.8, 4) is 0 Å². The van der Waals surface area contributed by atoms with Gasteiger partial charge in [0.05, 0.1) is 36.6 Å². The van der Waals surface area contributed by atoms with Crippen LogP contribution in [0.25, 0.3) is 0 Å². The van der Waals surface area contributed by atoms with Gasteiger partial charge in [0.1, 0.15) is 6.54 Å². The summed E-state index contributed by atoms with van der Waals surface area (Å²) in [7, 11) is 0. The molecular weight excluding hydrogens is 346 g/mol. The lowest BCUT2D eigenvalue weighted by Crippen LogP contribution is -3.16. The van der Waals surface area contributed by atoms with E-state index in [0.29, 0.717) is 12.6 Å². The van der Waals surface area contributed by atoms with Crippen molar-refractivity contribution in [2.24, 2.45) is 0 Å². The van der Waals surface area contributed by atoms with Crippen molar-refractivity contribution in [2.75, 3.05) is 31.1 Å². The quantitative estimate of drug-likeness (QED) is 0.791. The van der Waals surface area contributed by atoms with Crippen molar-refractivity contribution >= 4 is 29.3 Å². The van der Waals surface area contributed by atoms with Gasteiger partial charge in [0.15, 0.2) is 0 Å². The SMILES string of the molecule is CCC1Sc2ccccc2N(CC(=O)NCC[NH+]2CCCCC2C)C1=O. The van der Waals surface area contributed by atoms with Crippen LogP contribution >= 0.6 is 11.8 Å². The average Bonchev–Trinajstić information content (AvgIpc) is 2.65. The number of carbonyl (C=O) groups excluding carboxylic acids is 2. The summed E-state index contributed by atoms with van der Waals surface area (Å²) in [6.07, 6.45) is 4.65. The summed E-state index contributed by atoms with van der Waals surface area (Å²) in [6, 6.07) is 8.54. The van der Waals surface area contributed by atoms with Crippen molar-refractivity contribution in [2.45, 2.75) is 55.7 Å². The molecule has 0 radical (unpaired) electrons. The van der Waals surface area contributed by atoms with Gasteiger partial charge < -0.3 is 15.1 Å². The van der Waals surface area contributed by atoms with Crippen molar-refractivity contribution in [3.63, 3.8) is 0 Å². The zero-order valence-corrected chi connectivity index (χ0v) is 16.6. The van der Waals surface area contributed by atoms with Gasteiger partial charge in [-0.2, -0.15) is 0 Å². The van der Waals surface area contributed by atoms with Gasteiger partial charge in [-0.15, -0.1) is 11.8 Å². The van der Waals surface area contributed by atoms with Crippen LogP contribution in [-0.2, 0) is 9.59 Å². The number of nitrogens with zero attached hydrogens (tertiary/aromatic N) is 1. The predicted molar refractivity (Wildman–Crippen MR) is 106 cm³/mol. The van der Waals surface area contributed by atoms with E-state index < -0.39 is 0 Å². The van der Waals surface area contributed by atoms with E-state index in [1.54, 1.807) is 21.6 Å². The van der Waals surface area contributed by atoms with Crippen molar-refractivity contribution in [1.82, 2.24) is 5.32 Å². The number of benzene rings is 1.